The van der Waals surface area contributed by atoms with E-state index in [1.54, 1.807) is 0 Å². The Labute approximate surface area is 91.3 Å². The van der Waals surface area contributed by atoms with Crippen molar-refractivity contribution in [1.82, 2.24) is 4.90 Å². The average molecular weight is 215 g/mol. The quantitative estimate of drug-likeness (QED) is 0.734. The highest BCUT2D eigenvalue weighted by molar-refractivity contribution is 5.81. The van der Waals surface area contributed by atoms with Crippen LogP contribution in [0.2, 0.25) is 0 Å². The van der Waals surface area contributed by atoms with Crippen LogP contribution in [0.1, 0.15) is 40.5 Å². The van der Waals surface area contributed by atoms with Crippen molar-refractivity contribution in [3.05, 3.63) is 0 Å². The van der Waals surface area contributed by atoms with Gasteiger partial charge in [-0.2, -0.15) is 0 Å². The van der Waals surface area contributed by atoms with Crippen molar-refractivity contribution >= 4 is 11.9 Å². The van der Waals surface area contributed by atoms with Crippen molar-refractivity contribution < 1.29 is 14.7 Å². The predicted octanol–water partition coefficient (Wildman–Crippen LogP) is 1.74. The van der Waals surface area contributed by atoms with Gasteiger partial charge in [-0.3, -0.25) is 9.59 Å². The fourth-order valence-electron chi connectivity index (χ4n) is 1.32. The highest BCUT2D eigenvalue weighted by atomic mass is 16.4. The van der Waals surface area contributed by atoms with E-state index in [1.807, 2.05) is 27.7 Å². The molecule has 0 rings (SSSR count). The van der Waals surface area contributed by atoms with Gasteiger partial charge in [-0.05, 0) is 19.3 Å². The first-order valence-corrected chi connectivity index (χ1v) is 5.39. The zero-order chi connectivity index (χ0) is 12.0. The Morgan fingerprint density at radius 2 is 1.80 bits per heavy atom. The van der Waals surface area contributed by atoms with E-state index >= 15 is 0 Å². The van der Waals surface area contributed by atoms with E-state index < -0.39 is 5.97 Å². The highest BCUT2D eigenvalue weighted by Crippen LogP contribution is 2.09. The fourth-order valence-corrected chi connectivity index (χ4v) is 1.32. The lowest BCUT2D eigenvalue weighted by Gasteiger charge is -2.27. The number of hydrogen-bond donors (Lipinski definition) is 1. The number of carbonyl (C=O) groups is 2. The molecule has 0 aliphatic rings. The smallest absolute Gasteiger partial charge is 0.323 e. The third-order valence-electron chi connectivity index (χ3n) is 2.33. The molecule has 0 bridgehead atoms. The second-order valence-corrected chi connectivity index (χ2v) is 4.27. The molecule has 0 saturated heterocycles. The van der Waals surface area contributed by atoms with Crippen LogP contribution in [-0.4, -0.2) is 34.5 Å². The zero-order valence-electron chi connectivity index (χ0n) is 9.99. The number of rotatable bonds is 6. The number of amides is 1. The average Bonchev–Trinajstić information content (AvgIpc) is 2.11. The minimum atomic E-state index is -0.951. The maximum atomic E-state index is 11.8. The van der Waals surface area contributed by atoms with E-state index in [2.05, 4.69) is 0 Å². The molecule has 4 heteroatoms. The second-order valence-electron chi connectivity index (χ2n) is 4.27. The van der Waals surface area contributed by atoms with Crippen molar-refractivity contribution in [3.8, 4) is 0 Å². The molecule has 1 N–H and O–H groups in total. The van der Waals surface area contributed by atoms with Crippen molar-refractivity contribution in [2.75, 3.05) is 6.54 Å². The van der Waals surface area contributed by atoms with Gasteiger partial charge in [0.25, 0.3) is 0 Å². The Morgan fingerprint density at radius 3 is 2.13 bits per heavy atom. The standard InChI is InChI=1S/C11H21NO3/c1-5-9(4)12(7-11(14)15)10(13)6-8(2)3/h8-9H,5-7H2,1-4H3,(H,14,15). The van der Waals surface area contributed by atoms with Crippen molar-refractivity contribution in [2.24, 2.45) is 5.92 Å². The van der Waals surface area contributed by atoms with Gasteiger partial charge in [0, 0.05) is 12.5 Å². The zero-order valence-corrected chi connectivity index (χ0v) is 9.99. The van der Waals surface area contributed by atoms with Crippen LogP contribution in [0.3, 0.4) is 0 Å². The first-order chi connectivity index (χ1) is 6.88. The predicted molar refractivity (Wildman–Crippen MR) is 58.6 cm³/mol. The summed E-state index contributed by atoms with van der Waals surface area (Å²) in [5.74, 6) is -0.757. The Balaban J connectivity index is 4.47. The van der Waals surface area contributed by atoms with Gasteiger partial charge in [-0.1, -0.05) is 20.8 Å². The van der Waals surface area contributed by atoms with E-state index in [-0.39, 0.29) is 24.4 Å². The summed E-state index contributed by atoms with van der Waals surface area (Å²) in [5.41, 5.74) is 0. The maximum Gasteiger partial charge on any atom is 0.323 e. The summed E-state index contributed by atoms with van der Waals surface area (Å²) in [6.45, 7) is 7.53. The monoisotopic (exact) mass is 215 g/mol. The fraction of sp³-hybridized carbons (Fsp3) is 0.818. The van der Waals surface area contributed by atoms with Crippen LogP contribution in [0.15, 0.2) is 0 Å². The van der Waals surface area contributed by atoms with Gasteiger partial charge in [-0.15, -0.1) is 0 Å². The summed E-state index contributed by atoms with van der Waals surface area (Å²) in [6.07, 6.45) is 1.19. The molecule has 1 unspecified atom stereocenters. The van der Waals surface area contributed by atoms with Gasteiger partial charge >= 0.3 is 5.97 Å². The molecule has 1 amide bonds. The Bertz CT molecular complexity index is 226. The molecule has 0 radical (unpaired) electrons. The van der Waals surface area contributed by atoms with Crippen LogP contribution >= 0.6 is 0 Å². The topological polar surface area (TPSA) is 57.6 Å². The molecule has 0 aromatic rings. The molecule has 15 heavy (non-hydrogen) atoms. The number of nitrogens with zero attached hydrogens (tertiary/aromatic N) is 1. The molecule has 0 aromatic carbocycles. The maximum absolute atomic E-state index is 11.8. The number of carboxylic acids is 1. The summed E-state index contributed by atoms with van der Waals surface area (Å²) in [6, 6.07) is -0.00708. The van der Waals surface area contributed by atoms with Crippen LogP contribution in [0.5, 0.6) is 0 Å². The van der Waals surface area contributed by atoms with Crippen LogP contribution in [0, 0.1) is 5.92 Å². The lowest BCUT2D eigenvalue weighted by atomic mass is 10.1. The second kappa shape index (κ2) is 6.43. The molecule has 0 heterocycles. The molecule has 0 aliphatic heterocycles. The number of hydrogen-bond acceptors (Lipinski definition) is 2. The summed E-state index contributed by atoms with van der Waals surface area (Å²) in [5, 5.41) is 8.72. The van der Waals surface area contributed by atoms with Gasteiger partial charge in [0.05, 0.1) is 0 Å². The minimum absolute atomic E-state index is 0.00708. The molecule has 4 nitrogen and oxygen atoms in total. The Kier molecular flexibility index (Phi) is 5.97. The van der Waals surface area contributed by atoms with Crippen molar-refractivity contribution in [3.63, 3.8) is 0 Å². The number of aliphatic carboxylic acids is 1. The third-order valence-corrected chi connectivity index (χ3v) is 2.33. The third kappa shape index (κ3) is 5.40. The Hall–Kier alpha value is -1.06. The van der Waals surface area contributed by atoms with Crippen molar-refractivity contribution in [2.45, 2.75) is 46.6 Å². The van der Waals surface area contributed by atoms with Crippen LogP contribution in [0.4, 0.5) is 0 Å². The lowest BCUT2D eigenvalue weighted by Crippen LogP contribution is -2.42. The first-order valence-electron chi connectivity index (χ1n) is 5.39. The Morgan fingerprint density at radius 1 is 1.27 bits per heavy atom. The number of carboxylic acid groups (broad SMARTS) is 1. The summed E-state index contributed by atoms with van der Waals surface area (Å²) >= 11 is 0. The van der Waals surface area contributed by atoms with Gasteiger partial charge in [0.2, 0.25) is 5.91 Å². The van der Waals surface area contributed by atoms with E-state index in [0.717, 1.165) is 6.42 Å². The van der Waals surface area contributed by atoms with E-state index in [9.17, 15) is 9.59 Å². The van der Waals surface area contributed by atoms with E-state index in [1.165, 1.54) is 4.90 Å². The van der Waals surface area contributed by atoms with Crippen LogP contribution < -0.4 is 0 Å². The summed E-state index contributed by atoms with van der Waals surface area (Å²) in [7, 11) is 0. The number of carbonyl (C=O) groups excluding carboxylic acids is 1. The molecule has 0 spiro atoms. The van der Waals surface area contributed by atoms with Gasteiger partial charge < -0.3 is 10.0 Å². The SMILES string of the molecule is CCC(C)N(CC(=O)O)C(=O)CC(C)C. The summed E-state index contributed by atoms with van der Waals surface area (Å²) < 4.78 is 0. The molecule has 1 atom stereocenters. The largest absolute Gasteiger partial charge is 0.480 e. The van der Waals surface area contributed by atoms with Gasteiger partial charge in [0.15, 0.2) is 0 Å². The molecular weight excluding hydrogens is 194 g/mol. The minimum Gasteiger partial charge on any atom is -0.480 e. The summed E-state index contributed by atoms with van der Waals surface area (Å²) in [4.78, 5) is 23.8. The van der Waals surface area contributed by atoms with Gasteiger partial charge in [-0.25, -0.2) is 0 Å². The molecule has 0 saturated carbocycles. The normalized spacial score (nSPS) is 12.6. The van der Waals surface area contributed by atoms with Crippen molar-refractivity contribution in [1.29, 1.82) is 0 Å². The molecule has 0 fully saturated rings. The molecule has 0 aliphatic carbocycles. The molecule has 88 valence electrons. The molecule has 0 aromatic heterocycles. The van der Waals surface area contributed by atoms with Crippen LogP contribution in [0.25, 0.3) is 0 Å². The van der Waals surface area contributed by atoms with Gasteiger partial charge in [0.1, 0.15) is 6.54 Å². The first kappa shape index (κ1) is 13.9. The van der Waals surface area contributed by atoms with E-state index in [4.69, 9.17) is 5.11 Å². The lowest BCUT2D eigenvalue weighted by molar-refractivity contribution is -0.146. The van der Waals surface area contributed by atoms with Crippen LogP contribution in [-0.2, 0) is 9.59 Å². The van der Waals surface area contributed by atoms with E-state index in [0.29, 0.717) is 6.42 Å². The molecular formula is C11H21NO3. The highest BCUT2D eigenvalue weighted by Gasteiger charge is 2.21.